The van der Waals surface area contributed by atoms with E-state index in [-0.39, 0.29) is 64.4 Å². The van der Waals surface area contributed by atoms with Crippen LogP contribution in [0, 0.1) is 70.5 Å². The third-order valence-electron chi connectivity index (χ3n) is 10.8. The van der Waals surface area contributed by atoms with E-state index in [0.717, 1.165) is 43.4 Å². The molecular weight excluding hydrogens is 1250 g/mol. The van der Waals surface area contributed by atoms with Crippen LogP contribution in [0.4, 0.5) is 4.79 Å². The molecule has 91 heavy (non-hydrogen) atoms. The molecule has 0 fully saturated rings. The number of urea groups is 1. The highest BCUT2D eigenvalue weighted by molar-refractivity contribution is 7.95. The van der Waals surface area contributed by atoms with E-state index in [4.69, 9.17) is 0 Å². The first-order valence-corrected chi connectivity index (χ1v) is 38.8. The third-order valence-corrected chi connectivity index (χ3v) is 16.3. The van der Waals surface area contributed by atoms with Crippen LogP contribution >= 0.6 is 0 Å². The standard InChI is InChI=1S/C9H20N2O.C9H19NO.C8H17NO3S.C8H15NO3S.C8H17NO.C8H16O3S.C8H16O.C7H12O3S/c1-7(2)5-10-9(12)11-6-8(3)4;1-7(2)5-9(11)10-6-8(3)4;2*1-4-13(11,12)6-8(10)9-5-7(2)3;1-6(2)5-9-8(10)7(3)4;1-5-12(10,11)6-7(9)8(2,3)4;1-6(2)5-8(9)7(3)4;1-4-11(9,10)5-7(8)6(2)3/h7-8H,5-6H2,1-4H3,(H2,10,11,12);7-8H,5-6H2,1-4H3,(H,10,11);7H,4-6H2,1-3H3,(H,9,10);4,7H,1,5-6H2,2-3H3,(H,9,10);6-7H,5H2,1-4H3,(H,9,10);5-6H2,1-4H3;6-7H,5H2,1-4H3;4,6H,1,5H2,2-3H3. The molecule has 0 aromatic carbocycles. The molecule has 0 aromatic rings. The second kappa shape index (κ2) is 55.9. The predicted octanol–water partition coefficient (Wildman–Crippen LogP) is 9.39. The van der Waals surface area contributed by atoms with E-state index in [9.17, 15) is 72.0 Å². The van der Waals surface area contributed by atoms with Crippen LogP contribution < -0.4 is 31.9 Å². The van der Waals surface area contributed by atoms with Gasteiger partial charge in [-0.1, -0.05) is 200 Å². The molecule has 0 spiro atoms. The number of carbonyl (C=O) groups is 8. The largest absolute Gasteiger partial charge is 0.356 e. The van der Waals surface area contributed by atoms with Gasteiger partial charge in [0.05, 0.1) is 0 Å². The molecule has 0 rings (SSSR count). The number of hydrogen-bond acceptors (Lipinski definition) is 16. The minimum atomic E-state index is -3.41. The Balaban J connectivity index is -0.000000145. The Hall–Kier alpha value is -4.56. The Kier molecular flexibility index (Phi) is 62.9. The number of ketones is 3. The van der Waals surface area contributed by atoms with Crippen molar-refractivity contribution in [2.75, 3.05) is 73.8 Å². The summed E-state index contributed by atoms with van der Waals surface area (Å²) in [6, 6.07) is -0.0580. The lowest BCUT2D eigenvalue weighted by atomic mass is 9.92. The van der Waals surface area contributed by atoms with Crippen LogP contribution in [0.2, 0.25) is 0 Å². The molecule has 0 radical (unpaired) electrons. The fourth-order valence-corrected chi connectivity index (χ4v) is 7.96. The monoisotopic (exact) mass is 1380 g/mol. The van der Waals surface area contributed by atoms with Crippen molar-refractivity contribution in [3.8, 4) is 0 Å². The van der Waals surface area contributed by atoms with Crippen molar-refractivity contribution in [2.45, 2.75) is 200 Å². The molecule has 542 valence electrons. The normalized spacial score (nSPS) is 11.3. The first kappa shape index (κ1) is 103. The van der Waals surface area contributed by atoms with Crippen LogP contribution in [0.3, 0.4) is 0 Å². The summed E-state index contributed by atoms with van der Waals surface area (Å²) in [5.41, 5.74) is -0.553. The van der Waals surface area contributed by atoms with Crippen LogP contribution in [0.25, 0.3) is 0 Å². The van der Waals surface area contributed by atoms with E-state index in [0.29, 0.717) is 72.6 Å². The van der Waals surface area contributed by atoms with Gasteiger partial charge in [0, 0.05) is 97.6 Å². The molecule has 0 atom stereocenters. The predicted molar refractivity (Wildman–Crippen MR) is 377 cm³/mol. The van der Waals surface area contributed by atoms with Crippen molar-refractivity contribution < 1.29 is 72.0 Å². The van der Waals surface area contributed by atoms with Crippen LogP contribution in [0.1, 0.15) is 200 Å². The smallest absolute Gasteiger partial charge is 0.314 e. The molecule has 0 saturated carbocycles. The molecule has 0 aromatic heterocycles. The van der Waals surface area contributed by atoms with Gasteiger partial charge in [-0.05, 0) is 47.3 Å². The van der Waals surface area contributed by atoms with Crippen molar-refractivity contribution in [1.82, 2.24) is 31.9 Å². The Morgan fingerprint density at radius 2 is 0.637 bits per heavy atom. The molecule has 0 aliphatic rings. The van der Waals surface area contributed by atoms with E-state index >= 15 is 0 Å². The lowest BCUT2D eigenvalue weighted by Gasteiger charge is -2.15. The highest BCUT2D eigenvalue weighted by Gasteiger charge is 2.26. The van der Waals surface area contributed by atoms with Gasteiger partial charge in [0.15, 0.2) is 50.9 Å². The van der Waals surface area contributed by atoms with Gasteiger partial charge in [-0.15, -0.1) is 0 Å². The van der Waals surface area contributed by atoms with Gasteiger partial charge in [-0.2, -0.15) is 0 Å². The fourth-order valence-electron chi connectivity index (χ4n) is 4.79. The molecule has 22 nitrogen and oxygen atoms in total. The zero-order valence-electron chi connectivity index (χ0n) is 61.5. The number of carbonyl (C=O) groups excluding carboxylic acids is 8. The van der Waals surface area contributed by atoms with Gasteiger partial charge >= 0.3 is 6.03 Å². The summed E-state index contributed by atoms with van der Waals surface area (Å²) in [5.74, 6) is 1.56. The van der Waals surface area contributed by atoms with Gasteiger partial charge in [0.2, 0.25) is 23.6 Å². The average Bonchev–Trinajstić information content (AvgIpc) is 3.61. The van der Waals surface area contributed by atoms with Gasteiger partial charge in [-0.25, -0.2) is 38.5 Å². The van der Waals surface area contributed by atoms with Crippen molar-refractivity contribution in [2.24, 2.45) is 70.5 Å². The van der Waals surface area contributed by atoms with Crippen molar-refractivity contribution in [3.05, 3.63) is 24.0 Å². The molecular formula is C65H132N6O16S4. The van der Waals surface area contributed by atoms with E-state index in [1.165, 1.54) is 6.92 Å². The average molecular weight is 1380 g/mol. The SMILES string of the molecule is C=CS(=O)(=O)CC(=O)C(C)C.C=CS(=O)(=O)CC(=O)NCC(C)C.CC(C)CC(=O)C(C)C.CC(C)CNC(=O)C(C)C.CC(C)CNC(=O)CC(C)C.CC(C)CNC(=O)NCC(C)C.CCS(=O)(=O)CC(=O)C(C)(C)C.CCS(=O)(=O)CC(=O)NCC(C)C. The molecule has 0 unspecified atom stereocenters. The maximum Gasteiger partial charge on any atom is 0.314 e. The summed E-state index contributed by atoms with van der Waals surface area (Å²) in [5, 5.41) is 18.0. The number of amides is 6. The van der Waals surface area contributed by atoms with Gasteiger partial charge in [0.1, 0.15) is 28.8 Å². The number of hydrogen-bond donors (Lipinski definition) is 6. The van der Waals surface area contributed by atoms with Gasteiger partial charge in [0.25, 0.3) is 0 Å². The lowest BCUT2D eigenvalue weighted by molar-refractivity contribution is -0.124. The topological polar surface area (TPSA) is 345 Å². The molecule has 6 N–H and O–H groups in total. The summed E-state index contributed by atoms with van der Waals surface area (Å²) in [6.07, 6.45) is 1.38. The van der Waals surface area contributed by atoms with Gasteiger partial charge in [-0.3, -0.25) is 33.6 Å². The van der Waals surface area contributed by atoms with Crippen molar-refractivity contribution in [3.63, 3.8) is 0 Å². The van der Waals surface area contributed by atoms with Crippen LogP contribution in [0.5, 0.6) is 0 Å². The van der Waals surface area contributed by atoms with Crippen LogP contribution in [-0.2, 0) is 72.9 Å². The summed E-state index contributed by atoms with van der Waals surface area (Å²) in [6.45, 7) is 62.2. The minimum absolute atomic E-state index is 0.0160. The van der Waals surface area contributed by atoms with Crippen molar-refractivity contribution >= 4 is 86.4 Å². The highest BCUT2D eigenvalue weighted by Crippen LogP contribution is 2.15. The Bertz CT molecular complexity index is 2500. The lowest BCUT2D eigenvalue weighted by Crippen LogP contribution is -2.39. The highest BCUT2D eigenvalue weighted by atomic mass is 32.2. The molecule has 6 amide bonds. The third kappa shape index (κ3) is 85.4. The summed E-state index contributed by atoms with van der Waals surface area (Å²) in [7, 11) is -13.1. The second-order valence-corrected chi connectivity index (χ2v) is 35.8. The zero-order valence-corrected chi connectivity index (χ0v) is 64.8. The minimum Gasteiger partial charge on any atom is -0.356 e. The maximum atomic E-state index is 11.3. The first-order chi connectivity index (χ1) is 40.9. The molecule has 0 aliphatic heterocycles. The Morgan fingerprint density at radius 3 is 0.901 bits per heavy atom. The molecule has 0 heterocycles. The second-order valence-electron chi connectivity index (χ2n) is 27.2. The number of Topliss-reactive ketones (excluding diaryl/α,β-unsaturated/α-hetero) is 3. The molecule has 0 aliphatic carbocycles. The molecule has 0 bridgehead atoms. The van der Waals surface area contributed by atoms with Crippen molar-refractivity contribution in [1.29, 1.82) is 0 Å². The number of rotatable bonds is 31. The van der Waals surface area contributed by atoms with Crippen LogP contribution in [-0.4, -0.2) is 154 Å². The van der Waals surface area contributed by atoms with Crippen LogP contribution in [0.15, 0.2) is 24.0 Å². The summed E-state index contributed by atoms with van der Waals surface area (Å²) in [4.78, 5) is 88.1. The summed E-state index contributed by atoms with van der Waals surface area (Å²) >= 11 is 0. The quantitative estimate of drug-likeness (QED) is 0.0376. The van der Waals surface area contributed by atoms with E-state index in [2.05, 4.69) is 128 Å². The zero-order chi connectivity index (χ0) is 74.0. The maximum absolute atomic E-state index is 11.3. The van der Waals surface area contributed by atoms with Gasteiger partial charge < -0.3 is 31.9 Å². The van der Waals surface area contributed by atoms with E-state index < -0.39 is 73.8 Å². The first-order valence-electron chi connectivity index (χ1n) is 31.7. The Morgan fingerprint density at radius 1 is 0.352 bits per heavy atom. The van der Waals surface area contributed by atoms with E-state index in [1.54, 1.807) is 41.5 Å². The van der Waals surface area contributed by atoms with E-state index in [1.807, 2.05) is 55.4 Å². The Labute approximate surface area is 555 Å². The summed E-state index contributed by atoms with van der Waals surface area (Å²) < 4.78 is 87.4. The molecule has 26 heteroatoms. The number of sulfone groups is 4. The molecule has 0 saturated heterocycles. The number of nitrogens with one attached hydrogen (secondary N) is 6. The fraction of sp³-hybridized carbons (Fsp3) is 0.815.